The SMILES string of the molecule is Cn1c(=O)n(-c2ccc(OCc3ccccc3)nc2OCc2ccccc2)c2ccc(-c3cccc(CCC(=O)O)c3)cc21. The van der Waals surface area contributed by atoms with Crippen molar-refractivity contribution < 1.29 is 19.4 Å². The Kier molecular flexibility index (Phi) is 8.23. The molecule has 1 N–H and O–H groups in total. The molecule has 2 aromatic heterocycles. The fourth-order valence-corrected chi connectivity index (χ4v) is 5.14. The molecule has 0 fully saturated rings. The number of pyridine rings is 1. The summed E-state index contributed by atoms with van der Waals surface area (Å²) in [4.78, 5) is 29.5. The van der Waals surface area contributed by atoms with Crippen molar-refractivity contribution >= 4 is 17.0 Å². The smallest absolute Gasteiger partial charge is 0.333 e. The fourth-order valence-electron chi connectivity index (χ4n) is 5.14. The number of aryl methyl sites for hydroxylation is 2. The molecule has 6 aromatic rings. The van der Waals surface area contributed by atoms with Gasteiger partial charge in [0.05, 0.1) is 11.0 Å². The molecule has 0 radical (unpaired) electrons. The van der Waals surface area contributed by atoms with Crippen LogP contribution in [-0.4, -0.2) is 25.2 Å². The summed E-state index contributed by atoms with van der Waals surface area (Å²) >= 11 is 0. The molecular formula is C36H31N3O5. The van der Waals surface area contributed by atoms with Gasteiger partial charge in [-0.2, -0.15) is 4.98 Å². The van der Waals surface area contributed by atoms with E-state index in [1.165, 1.54) is 0 Å². The summed E-state index contributed by atoms with van der Waals surface area (Å²) in [6.45, 7) is 0.616. The lowest BCUT2D eigenvalue weighted by molar-refractivity contribution is -0.136. The van der Waals surface area contributed by atoms with E-state index in [2.05, 4.69) is 4.98 Å². The van der Waals surface area contributed by atoms with Crippen molar-refractivity contribution in [2.45, 2.75) is 26.1 Å². The van der Waals surface area contributed by atoms with Gasteiger partial charge in [-0.05, 0) is 52.4 Å². The van der Waals surface area contributed by atoms with E-state index in [0.29, 0.717) is 30.1 Å². The minimum atomic E-state index is -0.828. The van der Waals surface area contributed by atoms with Crippen molar-refractivity contribution in [3.05, 3.63) is 142 Å². The van der Waals surface area contributed by atoms with Gasteiger partial charge in [0.15, 0.2) is 0 Å². The monoisotopic (exact) mass is 585 g/mol. The average molecular weight is 586 g/mol. The highest BCUT2D eigenvalue weighted by molar-refractivity contribution is 5.84. The van der Waals surface area contributed by atoms with Gasteiger partial charge in [-0.1, -0.05) is 91.0 Å². The van der Waals surface area contributed by atoms with Crippen molar-refractivity contribution in [2.75, 3.05) is 0 Å². The number of fused-ring (bicyclic) bond motifs is 1. The first-order chi connectivity index (χ1) is 21.5. The van der Waals surface area contributed by atoms with E-state index in [9.17, 15) is 9.59 Å². The molecule has 220 valence electrons. The summed E-state index contributed by atoms with van der Waals surface area (Å²) in [5.41, 5.74) is 6.50. The lowest BCUT2D eigenvalue weighted by Crippen LogP contribution is -2.21. The molecule has 0 unspecified atom stereocenters. The summed E-state index contributed by atoms with van der Waals surface area (Å²) in [5, 5.41) is 9.08. The van der Waals surface area contributed by atoms with Crippen molar-refractivity contribution in [3.63, 3.8) is 0 Å². The molecule has 8 nitrogen and oxygen atoms in total. The lowest BCUT2D eigenvalue weighted by atomic mass is 10.0. The number of ether oxygens (including phenoxy) is 2. The molecule has 6 rings (SSSR count). The van der Waals surface area contributed by atoms with Gasteiger partial charge in [-0.15, -0.1) is 0 Å². The molecular weight excluding hydrogens is 554 g/mol. The van der Waals surface area contributed by atoms with Gasteiger partial charge < -0.3 is 14.6 Å². The Morgan fingerprint density at radius 3 is 2.09 bits per heavy atom. The number of aromatic nitrogens is 3. The zero-order valence-electron chi connectivity index (χ0n) is 24.2. The van der Waals surface area contributed by atoms with Crippen molar-refractivity contribution in [1.29, 1.82) is 0 Å². The van der Waals surface area contributed by atoms with Crippen LogP contribution in [0.15, 0.2) is 120 Å². The van der Waals surface area contributed by atoms with Crippen molar-refractivity contribution in [2.24, 2.45) is 7.05 Å². The lowest BCUT2D eigenvalue weighted by Gasteiger charge is -2.14. The van der Waals surface area contributed by atoms with Crippen LogP contribution < -0.4 is 15.2 Å². The molecule has 0 saturated carbocycles. The van der Waals surface area contributed by atoms with Crippen LogP contribution in [0.1, 0.15) is 23.1 Å². The molecule has 0 aliphatic heterocycles. The molecule has 2 heterocycles. The van der Waals surface area contributed by atoms with Gasteiger partial charge in [0.1, 0.15) is 18.9 Å². The molecule has 0 aliphatic carbocycles. The molecule has 8 heteroatoms. The molecule has 0 bridgehead atoms. The second kappa shape index (κ2) is 12.7. The van der Waals surface area contributed by atoms with Gasteiger partial charge in [-0.25, -0.2) is 4.79 Å². The predicted octanol–water partition coefficient (Wildman–Crippen LogP) is 6.57. The fraction of sp³-hybridized carbons (Fsp3) is 0.139. The summed E-state index contributed by atoms with van der Waals surface area (Å²) in [7, 11) is 1.74. The maximum atomic E-state index is 13.7. The van der Waals surface area contributed by atoms with Crippen LogP contribution in [0.25, 0.3) is 27.8 Å². The van der Waals surface area contributed by atoms with E-state index < -0.39 is 5.97 Å². The van der Waals surface area contributed by atoms with E-state index in [1.54, 1.807) is 28.3 Å². The van der Waals surface area contributed by atoms with E-state index >= 15 is 0 Å². The zero-order chi connectivity index (χ0) is 30.5. The second-order valence-electron chi connectivity index (χ2n) is 10.5. The number of hydrogen-bond donors (Lipinski definition) is 1. The third-order valence-electron chi connectivity index (χ3n) is 7.45. The van der Waals surface area contributed by atoms with E-state index in [-0.39, 0.29) is 24.6 Å². The maximum absolute atomic E-state index is 13.7. The van der Waals surface area contributed by atoms with Crippen LogP contribution in [-0.2, 0) is 31.5 Å². The van der Waals surface area contributed by atoms with Crippen LogP contribution in [0.5, 0.6) is 11.8 Å². The van der Waals surface area contributed by atoms with Gasteiger partial charge in [-0.3, -0.25) is 13.9 Å². The number of benzene rings is 4. The Labute approximate surface area is 254 Å². The van der Waals surface area contributed by atoms with Gasteiger partial charge >= 0.3 is 11.7 Å². The summed E-state index contributed by atoms with van der Waals surface area (Å²) in [5.74, 6) is -0.159. The van der Waals surface area contributed by atoms with Crippen LogP contribution in [0.3, 0.4) is 0 Å². The Morgan fingerprint density at radius 2 is 1.39 bits per heavy atom. The highest BCUT2D eigenvalue weighted by Gasteiger charge is 2.19. The van der Waals surface area contributed by atoms with Crippen molar-refractivity contribution in [1.82, 2.24) is 14.1 Å². The van der Waals surface area contributed by atoms with Gasteiger partial charge in [0.2, 0.25) is 11.8 Å². The van der Waals surface area contributed by atoms with Crippen molar-refractivity contribution in [3.8, 4) is 28.6 Å². The Bertz CT molecular complexity index is 1980. The van der Waals surface area contributed by atoms with Crippen LogP contribution in [0.2, 0.25) is 0 Å². The number of rotatable bonds is 11. The highest BCUT2D eigenvalue weighted by Crippen LogP contribution is 2.30. The standard InChI is InChI=1S/C36H31N3O5/c1-38-32-22-29(28-14-8-13-25(21-28)15-20-34(40)41)16-17-30(32)39(36(38)42)31-18-19-33(43-23-26-9-4-2-5-10-26)37-35(31)44-24-27-11-6-3-7-12-27/h2-14,16-19,21-22H,15,20,23-24H2,1H3,(H,40,41). The van der Waals surface area contributed by atoms with E-state index in [4.69, 9.17) is 14.6 Å². The first-order valence-corrected chi connectivity index (χ1v) is 14.3. The second-order valence-corrected chi connectivity index (χ2v) is 10.5. The third kappa shape index (κ3) is 6.24. The molecule has 0 amide bonds. The number of nitrogens with zero attached hydrogens (tertiary/aromatic N) is 3. The topological polar surface area (TPSA) is 95.6 Å². The molecule has 4 aromatic carbocycles. The number of aliphatic carboxylic acids is 1. The van der Waals surface area contributed by atoms with Gasteiger partial charge in [0.25, 0.3) is 0 Å². The molecule has 44 heavy (non-hydrogen) atoms. The third-order valence-corrected chi connectivity index (χ3v) is 7.45. The van der Waals surface area contributed by atoms with Gasteiger partial charge in [0, 0.05) is 19.5 Å². The minimum Gasteiger partial charge on any atom is -0.481 e. The molecule has 0 saturated heterocycles. The molecule has 0 spiro atoms. The van der Waals surface area contributed by atoms with E-state index in [0.717, 1.165) is 33.3 Å². The predicted molar refractivity (Wildman–Crippen MR) is 169 cm³/mol. The quantitative estimate of drug-likeness (QED) is 0.185. The number of carboxylic acid groups (broad SMARTS) is 1. The Morgan fingerprint density at radius 1 is 0.727 bits per heavy atom. The first kappa shape index (κ1) is 28.5. The van der Waals surface area contributed by atoms with Crippen LogP contribution in [0, 0.1) is 0 Å². The highest BCUT2D eigenvalue weighted by atomic mass is 16.5. The Balaban J connectivity index is 1.37. The number of imidazole rings is 1. The molecule has 0 atom stereocenters. The summed E-state index contributed by atoms with van der Waals surface area (Å²) < 4.78 is 15.4. The average Bonchev–Trinajstić information content (AvgIpc) is 3.31. The van der Waals surface area contributed by atoms with Crippen LogP contribution in [0.4, 0.5) is 0 Å². The molecule has 0 aliphatic rings. The summed E-state index contributed by atoms with van der Waals surface area (Å²) in [6, 6.07) is 36.8. The van der Waals surface area contributed by atoms with E-state index in [1.807, 2.05) is 103 Å². The Hall–Kier alpha value is -5.63. The minimum absolute atomic E-state index is 0.0681. The number of hydrogen-bond acceptors (Lipinski definition) is 5. The maximum Gasteiger partial charge on any atom is 0.333 e. The van der Waals surface area contributed by atoms with Crippen LogP contribution >= 0.6 is 0 Å². The number of carbonyl (C=O) groups is 1. The summed E-state index contributed by atoms with van der Waals surface area (Å²) in [6.07, 6.45) is 0.517. The first-order valence-electron chi connectivity index (χ1n) is 14.3. The normalized spacial score (nSPS) is 11.0. The zero-order valence-corrected chi connectivity index (χ0v) is 24.2. The number of carboxylic acids is 1. The largest absolute Gasteiger partial charge is 0.481 e.